The summed E-state index contributed by atoms with van der Waals surface area (Å²) in [6, 6.07) is 9.67. The van der Waals surface area contributed by atoms with Crippen molar-refractivity contribution in [1.82, 2.24) is 20.4 Å². The molecule has 0 aliphatic rings. The van der Waals surface area contributed by atoms with E-state index in [9.17, 15) is 13.2 Å². The lowest BCUT2D eigenvalue weighted by Gasteiger charge is -2.08. The SMILES string of the molecule is O=C(NCCCn1cccn1)NCCS(=O)(=O)c1ccccc1. The lowest BCUT2D eigenvalue weighted by molar-refractivity contribution is 0.241. The maximum atomic E-state index is 12.0. The first-order chi connectivity index (χ1) is 11.1. The number of hydrogen-bond acceptors (Lipinski definition) is 4. The second-order valence-electron chi connectivity index (χ2n) is 4.94. The molecule has 2 aromatic rings. The number of nitrogens with one attached hydrogen (secondary N) is 2. The van der Waals surface area contributed by atoms with Gasteiger partial charge in [-0.05, 0) is 24.6 Å². The maximum Gasteiger partial charge on any atom is 0.314 e. The van der Waals surface area contributed by atoms with Crippen LogP contribution in [0.25, 0.3) is 0 Å². The lowest BCUT2D eigenvalue weighted by atomic mass is 10.4. The van der Waals surface area contributed by atoms with Gasteiger partial charge in [-0.15, -0.1) is 0 Å². The molecular weight excluding hydrogens is 316 g/mol. The summed E-state index contributed by atoms with van der Waals surface area (Å²) in [5, 5.41) is 9.30. The van der Waals surface area contributed by atoms with E-state index in [1.807, 2.05) is 12.3 Å². The normalized spacial score (nSPS) is 11.1. The van der Waals surface area contributed by atoms with Crippen molar-refractivity contribution in [2.45, 2.75) is 17.9 Å². The first kappa shape index (κ1) is 17.0. The van der Waals surface area contributed by atoms with E-state index < -0.39 is 9.84 Å². The molecule has 7 nitrogen and oxygen atoms in total. The van der Waals surface area contributed by atoms with E-state index in [0.29, 0.717) is 6.54 Å². The number of aryl methyl sites for hydroxylation is 1. The van der Waals surface area contributed by atoms with Crippen molar-refractivity contribution in [3.05, 3.63) is 48.8 Å². The zero-order valence-corrected chi connectivity index (χ0v) is 13.5. The molecule has 0 spiro atoms. The zero-order valence-electron chi connectivity index (χ0n) is 12.7. The topological polar surface area (TPSA) is 93.1 Å². The molecule has 8 heteroatoms. The third-order valence-electron chi connectivity index (χ3n) is 3.17. The molecular formula is C15H20N4O3S. The fourth-order valence-corrected chi connectivity index (χ4v) is 3.16. The molecule has 0 bridgehead atoms. The minimum Gasteiger partial charge on any atom is -0.338 e. The van der Waals surface area contributed by atoms with Gasteiger partial charge >= 0.3 is 6.03 Å². The number of sulfone groups is 1. The second kappa shape index (κ2) is 8.33. The molecule has 1 heterocycles. The Bertz CT molecular complexity index is 700. The van der Waals surface area contributed by atoms with Gasteiger partial charge in [0.05, 0.1) is 10.6 Å². The van der Waals surface area contributed by atoms with Gasteiger partial charge in [-0.1, -0.05) is 18.2 Å². The molecule has 0 atom stereocenters. The van der Waals surface area contributed by atoms with Crippen LogP contribution in [0.1, 0.15) is 6.42 Å². The van der Waals surface area contributed by atoms with Crippen LogP contribution in [0.4, 0.5) is 4.79 Å². The average Bonchev–Trinajstić information content (AvgIpc) is 3.06. The summed E-state index contributed by atoms with van der Waals surface area (Å²) in [5.41, 5.74) is 0. The summed E-state index contributed by atoms with van der Waals surface area (Å²) in [5.74, 6) is -0.127. The van der Waals surface area contributed by atoms with Gasteiger partial charge < -0.3 is 10.6 Å². The highest BCUT2D eigenvalue weighted by atomic mass is 32.2. The summed E-state index contributed by atoms with van der Waals surface area (Å²) < 4.78 is 25.8. The zero-order chi connectivity index (χ0) is 16.5. The fourth-order valence-electron chi connectivity index (χ4n) is 1.98. The van der Waals surface area contributed by atoms with Crippen molar-refractivity contribution in [1.29, 1.82) is 0 Å². The van der Waals surface area contributed by atoms with Crippen LogP contribution < -0.4 is 10.6 Å². The predicted molar refractivity (Wildman–Crippen MR) is 86.7 cm³/mol. The molecule has 0 aliphatic heterocycles. The smallest absolute Gasteiger partial charge is 0.314 e. The minimum absolute atomic E-state index is 0.0716. The van der Waals surface area contributed by atoms with Gasteiger partial charge in [0, 0.05) is 32.0 Å². The van der Waals surface area contributed by atoms with Gasteiger partial charge in [-0.25, -0.2) is 13.2 Å². The van der Waals surface area contributed by atoms with E-state index in [-0.39, 0.29) is 23.2 Å². The number of carbonyl (C=O) groups excluding carboxylic acids is 1. The molecule has 2 N–H and O–H groups in total. The number of benzene rings is 1. The van der Waals surface area contributed by atoms with Crippen LogP contribution in [0.15, 0.2) is 53.7 Å². The summed E-state index contributed by atoms with van der Waals surface area (Å²) in [6.45, 7) is 1.29. The Morgan fingerprint density at radius 2 is 1.83 bits per heavy atom. The van der Waals surface area contributed by atoms with Crippen molar-refractivity contribution >= 4 is 15.9 Å². The molecule has 0 saturated carbocycles. The Labute approximate surface area is 135 Å². The van der Waals surface area contributed by atoms with Crippen molar-refractivity contribution in [2.24, 2.45) is 0 Å². The van der Waals surface area contributed by atoms with E-state index in [1.165, 1.54) is 0 Å². The standard InChI is InChI=1S/C15H20N4O3S/c20-15(16-8-4-11-19-12-5-9-18-19)17-10-13-23(21,22)14-6-2-1-3-7-14/h1-3,5-7,9,12H,4,8,10-11,13H2,(H2,16,17,20). The molecule has 0 saturated heterocycles. The Balaban J connectivity index is 1.63. The van der Waals surface area contributed by atoms with Crippen molar-refractivity contribution in [3.8, 4) is 0 Å². The van der Waals surface area contributed by atoms with Crippen LogP contribution in [0.3, 0.4) is 0 Å². The van der Waals surface area contributed by atoms with Crippen LogP contribution in [-0.4, -0.2) is 43.1 Å². The Morgan fingerprint density at radius 1 is 1.09 bits per heavy atom. The van der Waals surface area contributed by atoms with Gasteiger partial charge in [0.1, 0.15) is 0 Å². The van der Waals surface area contributed by atoms with Gasteiger partial charge in [0.25, 0.3) is 0 Å². The average molecular weight is 336 g/mol. The number of nitrogens with zero attached hydrogens (tertiary/aromatic N) is 2. The van der Waals surface area contributed by atoms with Crippen LogP contribution in [-0.2, 0) is 16.4 Å². The first-order valence-corrected chi connectivity index (χ1v) is 9.00. The Kier molecular flexibility index (Phi) is 6.16. The molecule has 0 aliphatic carbocycles. The number of hydrogen-bond donors (Lipinski definition) is 2. The van der Waals surface area contributed by atoms with Gasteiger partial charge in [0.2, 0.25) is 0 Å². The third kappa shape index (κ3) is 5.74. The molecule has 2 rings (SSSR count). The van der Waals surface area contributed by atoms with Gasteiger partial charge in [0.15, 0.2) is 9.84 Å². The second-order valence-corrected chi connectivity index (χ2v) is 7.05. The lowest BCUT2D eigenvalue weighted by Crippen LogP contribution is -2.38. The molecule has 0 unspecified atom stereocenters. The number of urea groups is 1. The summed E-state index contributed by atoms with van der Waals surface area (Å²) in [4.78, 5) is 11.9. The van der Waals surface area contributed by atoms with Crippen LogP contribution in [0.2, 0.25) is 0 Å². The highest BCUT2D eigenvalue weighted by Gasteiger charge is 2.13. The van der Waals surface area contributed by atoms with E-state index in [0.717, 1.165) is 13.0 Å². The molecule has 0 radical (unpaired) electrons. The maximum absolute atomic E-state index is 12.0. The highest BCUT2D eigenvalue weighted by molar-refractivity contribution is 7.91. The summed E-state index contributed by atoms with van der Waals surface area (Å²) in [7, 11) is -3.36. The van der Waals surface area contributed by atoms with Crippen molar-refractivity contribution in [3.63, 3.8) is 0 Å². The van der Waals surface area contributed by atoms with Crippen molar-refractivity contribution in [2.75, 3.05) is 18.8 Å². The van der Waals surface area contributed by atoms with E-state index in [2.05, 4.69) is 15.7 Å². The van der Waals surface area contributed by atoms with E-state index in [1.54, 1.807) is 41.2 Å². The third-order valence-corrected chi connectivity index (χ3v) is 4.90. The number of carbonyl (C=O) groups is 1. The van der Waals surface area contributed by atoms with Crippen LogP contribution in [0, 0.1) is 0 Å². The van der Waals surface area contributed by atoms with Crippen LogP contribution in [0.5, 0.6) is 0 Å². The summed E-state index contributed by atoms with van der Waals surface area (Å²) in [6.07, 6.45) is 4.30. The molecule has 2 amide bonds. The number of aromatic nitrogens is 2. The minimum atomic E-state index is -3.36. The number of rotatable bonds is 8. The monoisotopic (exact) mass is 336 g/mol. The molecule has 23 heavy (non-hydrogen) atoms. The molecule has 124 valence electrons. The Morgan fingerprint density at radius 3 is 2.52 bits per heavy atom. The van der Waals surface area contributed by atoms with E-state index in [4.69, 9.17) is 0 Å². The molecule has 1 aromatic heterocycles. The van der Waals surface area contributed by atoms with Crippen molar-refractivity contribution < 1.29 is 13.2 Å². The van der Waals surface area contributed by atoms with Gasteiger partial charge in [-0.3, -0.25) is 4.68 Å². The molecule has 0 fully saturated rings. The first-order valence-electron chi connectivity index (χ1n) is 7.35. The summed E-state index contributed by atoms with van der Waals surface area (Å²) >= 11 is 0. The Hall–Kier alpha value is -2.35. The molecule has 1 aromatic carbocycles. The van der Waals surface area contributed by atoms with Gasteiger partial charge in [-0.2, -0.15) is 5.10 Å². The highest BCUT2D eigenvalue weighted by Crippen LogP contribution is 2.09. The van der Waals surface area contributed by atoms with Crippen LogP contribution >= 0.6 is 0 Å². The quantitative estimate of drug-likeness (QED) is 0.705. The van der Waals surface area contributed by atoms with E-state index >= 15 is 0 Å². The largest absolute Gasteiger partial charge is 0.338 e. The fraction of sp³-hybridized carbons (Fsp3) is 0.333. The number of amides is 2. The predicted octanol–water partition coefficient (Wildman–Crippen LogP) is 1.05.